The van der Waals surface area contributed by atoms with Crippen LogP contribution in [-0.4, -0.2) is 120 Å². The first-order valence-electron chi connectivity index (χ1n) is 43.3. The number of ether oxygens (including phenoxy) is 12. The van der Waals surface area contributed by atoms with Gasteiger partial charge in [-0.15, -0.1) is 0 Å². The van der Waals surface area contributed by atoms with Crippen molar-refractivity contribution in [1.82, 2.24) is 15.0 Å². The van der Waals surface area contributed by atoms with E-state index in [1.54, 1.807) is 38.5 Å². The number of pyridine rings is 3. The van der Waals surface area contributed by atoms with Crippen LogP contribution in [0.25, 0.3) is 33.4 Å². The maximum absolute atomic E-state index is 15.2. The molecule has 26 heteroatoms. The van der Waals surface area contributed by atoms with Crippen LogP contribution in [-0.2, 0) is 55.5 Å². The molecule has 0 unspecified atom stereocenters. The number of methoxy groups -OCH3 is 4. The van der Waals surface area contributed by atoms with Crippen molar-refractivity contribution in [3.8, 4) is 97.0 Å². The number of rotatable bonds is 25. The van der Waals surface area contributed by atoms with E-state index >= 15 is 8.78 Å². The van der Waals surface area contributed by atoms with Crippen molar-refractivity contribution >= 4 is 23.9 Å². The van der Waals surface area contributed by atoms with Crippen LogP contribution >= 0.6 is 0 Å². The molecule has 19 rings (SSSR count). The van der Waals surface area contributed by atoms with Gasteiger partial charge < -0.3 is 77.3 Å². The SMILES string of the molecule is COC(C)(C)C(F)(F)c1cccc2c1CC[C@H]2Oc1ccc2c(c1)OC[C@H]2CC(=O)O.COc1cc(-c2cccc3c2CC[C@H]3Oc2ccc3c(c2)OC[C@H]3CC(=O)O)c(F)cn1.COc1cc(C)c(-c2cccc3c2CC[C@H]3Oc2ccc3c(c2)OC[C@H]3CC(=O)O)c(C)n1.COc1ncc(C)c(-c2cccc3c2CC[C@H]3Oc2ccc3c(c2)OC[C@H]3CC(=O)O)c1C. The van der Waals surface area contributed by atoms with Crippen LogP contribution in [0.5, 0.6) is 63.6 Å². The van der Waals surface area contributed by atoms with Crippen LogP contribution in [0.4, 0.5) is 13.2 Å². The first-order chi connectivity index (χ1) is 62.1. The lowest BCUT2D eigenvalue weighted by Gasteiger charge is -2.34. The molecule has 0 saturated heterocycles. The number of alkyl halides is 2. The summed E-state index contributed by atoms with van der Waals surface area (Å²) in [5.74, 6) is -0.302. The highest BCUT2D eigenvalue weighted by Crippen LogP contribution is 2.52. The van der Waals surface area contributed by atoms with Gasteiger partial charge in [-0.1, -0.05) is 97.1 Å². The zero-order valence-electron chi connectivity index (χ0n) is 73.4. The number of carboxylic acids is 4. The van der Waals surface area contributed by atoms with Crippen molar-refractivity contribution in [2.24, 2.45) is 0 Å². The number of hydrogen-bond donors (Lipinski definition) is 4. The van der Waals surface area contributed by atoms with Crippen LogP contribution in [0.2, 0.25) is 0 Å². The molecule has 0 radical (unpaired) electrons. The van der Waals surface area contributed by atoms with Gasteiger partial charge in [-0.25, -0.2) is 19.3 Å². The van der Waals surface area contributed by atoms with E-state index in [4.69, 9.17) is 77.3 Å². The summed E-state index contributed by atoms with van der Waals surface area (Å²) in [7, 11) is 6.09. The molecule has 11 aromatic rings. The monoisotopic (exact) mass is 1760 g/mol. The first kappa shape index (κ1) is 89.0. The maximum atomic E-state index is 15.2. The van der Waals surface area contributed by atoms with Crippen LogP contribution in [0.15, 0.2) is 170 Å². The number of carbonyl (C=O) groups is 4. The Morgan fingerprint density at radius 2 is 0.783 bits per heavy atom. The van der Waals surface area contributed by atoms with Gasteiger partial charge in [-0.05, 0) is 195 Å². The average Bonchev–Trinajstić information content (AvgIpc) is 1.69. The van der Waals surface area contributed by atoms with Crippen molar-refractivity contribution in [2.45, 2.75) is 178 Å². The fourth-order valence-electron chi connectivity index (χ4n) is 19.3. The minimum Gasteiger partial charge on any atom is -0.492 e. The molecule has 0 spiro atoms. The minimum atomic E-state index is -3.15. The molecule has 8 aliphatic rings. The lowest BCUT2D eigenvalue weighted by Crippen LogP contribution is -2.42. The lowest BCUT2D eigenvalue weighted by molar-refractivity contribution is -0.185. The molecule has 4 N–H and O–H groups in total. The fourth-order valence-corrected chi connectivity index (χ4v) is 19.3. The Morgan fingerprint density at radius 3 is 1.16 bits per heavy atom. The molecule has 0 saturated carbocycles. The molecule has 8 atom stereocenters. The van der Waals surface area contributed by atoms with Crippen molar-refractivity contribution in [3.63, 3.8) is 0 Å². The zero-order chi connectivity index (χ0) is 90.9. The fraction of sp³-hybridized carbons (Fsp3) is 0.350. The molecule has 0 fully saturated rings. The van der Waals surface area contributed by atoms with Crippen molar-refractivity contribution in [3.05, 3.63) is 271 Å². The normalized spacial score (nSPS) is 18.9. The Morgan fingerprint density at radius 1 is 0.411 bits per heavy atom. The molecule has 670 valence electrons. The third-order valence-corrected chi connectivity index (χ3v) is 25.8. The Balaban J connectivity index is 0.000000126. The van der Waals surface area contributed by atoms with E-state index in [1.807, 2.05) is 104 Å². The standard InChI is InChI=1S/2C27H27NO5.C25H22FNO5.C24H26F2O5/c1-15-13-28-27(31-3)16(2)26(15)22-6-4-5-21-20(22)9-10-23(21)33-18-7-8-19-17(11-25(29)30)14-32-24(19)12-18;1-15-11-25(31-3)28-16(2)27(15)22-6-4-5-21-20(22)9-10-23(21)33-18-7-8-19-17(12-26(29)30)14-32-24(19)13-18;1-30-24-11-20(21(26)12-27-24)17-3-2-4-19-18(17)7-8-22(19)32-15-5-6-16-14(9-25(28)29)13-31-23(16)10-15;1-23(2,29-3)24(25,26)19-6-4-5-18-17(19)9-10-20(18)31-15-7-8-16-14(11-22(27)28)13-30-21(16)12-15/h4-8,12-13,17,23H,9-11,14H2,1-3H3,(H,29,30);4-8,11,13,17,23H,9-10,12,14H2,1-3H3,(H,29,30);2-6,10-12,14,22H,7-9,13H2,1H3,(H,28,29);4-8,12,14,20H,9-11,13H2,1-3H3,(H,27,28)/t2*17-,23-;14-,22-;14-,20-/m1111/s1. The number of hydrogen-bond acceptors (Lipinski definition) is 19. The molecule has 4 aliphatic heterocycles. The lowest BCUT2D eigenvalue weighted by atomic mass is 9.88. The van der Waals surface area contributed by atoms with Gasteiger partial charge in [0.05, 0.1) is 79.6 Å². The van der Waals surface area contributed by atoms with Crippen molar-refractivity contribution in [2.75, 3.05) is 54.9 Å². The highest BCUT2D eigenvalue weighted by atomic mass is 19.3. The molecule has 0 amide bonds. The van der Waals surface area contributed by atoms with E-state index in [0.717, 1.165) is 134 Å². The summed E-state index contributed by atoms with van der Waals surface area (Å²) in [5.41, 5.74) is 20.8. The van der Waals surface area contributed by atoms with Crippen LogP contribution in [0.3, 0.4) is 0 Å². The van der Waals surface area contributed by atoms with Gasteiger partial charge in [0.15, 0.2) is 0 Å². The topological polar surface area (TPSA) is 299 Å². The second kappa shape index (κ2) is 37.5. The van der Waals surface area contributed by atoms with Crippen molar-refractivity contribution < 1.29 is 110 Å². The van der Waals surface area contributed by atoms with E-state index in [1.165, 1.54) is 79.3 Å². The van der Waals surface area contributed by atoms with E-state index in [2.05, 4.69) is 72.1 Å². The van der Waals surface area contributed by atoms with Crippen LogP contribution in [0, 0.1) is 33.5 Å². The first-order valence-corrected chi connectivity index (χ1v) is 43.3. The smallest absolute Gasteiger partial charge is 0.304 e. The minimum absolute atomic E-state index is 0.0119. The van der Waals surface area contributed by atoms with Crippen LogP contribution in [0.1, 0.15) is 208 Å². The largest absolute Gasteiger partial charge is 0.492 e. The third kappa shape index (κ3) is 18.5. The van der Waals surface area contributed by atoms with Gasteiger partial charge in [0.25, 0.3) is 0 Å². The Bertz CT molecular complexity index is 6110. The van der Waals surface area contributed by atoms with Crippen molar-refractivity contribution in [1.29, 1.82) is 0 Å². The number of aliphatic carboxylic acids is 4. The van der Waals surface area contributed by atoms with Gasteiger partial charge in [-0.2, -0.15) is 8.78 Å². The number of fused-ring (bicyclic) bond motifs is 8. The number of carboxylic acid groups (broad SMARTS) is 4. The Kier molecular flexibility index (Phi) is 25.9. The maximum Gasteiger partial charge on any atom is 0.304 e. The second-order valence-electron chi connectivity index (χ2n) is 34.2. The quantitative estimate of drug-likeness (QED) is 0.0413. The summed E-state index contributed by atoms with van der Waals surface area (Å²) in [6.45, 7) is 12.5. The Hall–Kier alpha value is -13.4. The predicted molar refractivity (Wildman–Crippen MR) is 473 cm³/mol. The number of aromatic nitrogens is 3. The molecular weight excluding hydrogens is 1660 g/mol. The van der Waals surface area contributed by atoms with E-state index in [0.29, 0.717) is 91.0 Å². The molecule has 0 bridgehead atoms. The number of nitrogens with zero attached hydrogens (tertiary/aromatic N) is 3. The molecule has 23 nitrogen and oxygen atoms in total. The number of benzene rings is 8. The van der Waals surface area contributed by atoms with Gasteiger partial charge in [-0.3, -0.25) is 19.2 Å². The molecule has 8 aromatic carbocycles. The van der Waals surface area contributed by atoms with Crippen LogP contribution < -0.4 is 52.1 Å². The van der Waals surface area contributed by atoms with Gasteiger partial charge in [0.2, 0.25) is 17.6 Å². The predicted octanol–water partition coefficient (Wildman–Crippen LogP) is 20.9. The highest BCUT2D eigenvalue weighted by molar-refractivity contribution is 5.79. The summed E-state index contributed by atoms with van der Waals surface area (Å²) in [6.07, 6.45) is 8.95. The second-order valence-corrected chi connectivity index (χ2v) is 34.2. The summed E-state index contributed by atoms with van der Waals surface area (Å²) < 4.78 is 114. The van der Waals surface area contributed by atoms with Gasteiger partial charge >= 0.3 is 29.8 Å². The molecule has 129 heavy (non-hydrogen) atoms. The summed E-state index contributed by atoms with van der Waals surface area (Å²) in [5, 5.41) is 36.3. The zero-order valence-corrected chi connectivity index (χ0v) is 73.4. The highest BCUT2D eigenvalue weighted by Gasteiger charge is 2.51. The third-order valence-electron chi connectivity index (χ3n) is 25.8. The van der Waals surface area contributed by atoms with E-state index in [9.17, 15) is 23.6 Å². The Labute approximate surface area is 745 Å². The molecule has 4 aliphatic carbocycles. The summed E-state index contributed by atoms with van der Waals surface area (Å²) in [4.78, 5) is 57.2. The molecular formula is C103H102F3N3O20. The van der Waals surface area contributed by atoms with E-state index in [-0.39, 0.29) is 79.3 Å². The van der Waals surface area contributed by atoms with E-state index < -0.39 is 41.2 Å². The van der Waals surface area contributed by atoms with Gasteiger partial charge in [0.1, 0.15) is 81.8 Å². The van der Waals surface area contributed by atoms with Gasteiger partial charge in [0, 0.05) is 124 Å². The average molecular weight is 1760 g/mol. The molecule has 7 heterocycles. The molecule has 3 aromatic heterocycles. The summed E-state index contributed by atoms with van der Waals surface area (Å²) in [6, 6.07) is 49.6. The number of aryl methyl sites for hydroxylation is 3. The number of halogens is 3. The summed E-state index contributed by atoms with van der Waals surface area (Å²) >= 11 is 0.